The number of nitro benzene ring substituents is 1. The molecule has 0 amide bonds. The zero-order valence-electron chi connectivity index (χ0n) is 16.7. The van der Waals surface area contributed by atoms with Gasteiger partial charge in [0.05, 0.1) is 23.4 Å². The number of hydrogen-bond donors (Lipinski definition) is 2. The van der Waals surface area contributed by atoms with Crippen molar-refractivity contribution in [3.8, 4) is 17.0 Å². The highest BCUT2D eigenvalue weighted by molar-refractivity contribution is 5.95. The molecule has 2 aromatic heterocycles. The molecule has 0 saturated heterocycles. The summed E-state index contributed by atoms with van der Waals surface area (Å²) in [6.45, 7) is 0. The minimum absolute atomic E-state index is 0.0778. The van der Waals surface area contributed by atoms with Crippen LogP contribution in [0.5, 0.6) is 5.75 Å². The molecular weight excluding hydrogens is 384 g/mol. The number of ether oxygens (including phenoxy) is 1. The molecule has 9 heteroatoms. The molecule has 0 unspecified atom stereocenters. The number of nitro groups is 1. The Kier molecular flexibility index (Phi) is 4.93. The van der Waals surface area contributed by atoms with Crippen LogP contribution >= 0.6 is 0 Å². The number of fused-ring (bicyclic) bond motifs is 1. The van der Waals surface area contributed by atoms with E-state index in [0.717, 1.165) is 22.2 Å². The van der Waals surface area contributed by atoms with E-state index in [1.165, 1.54) is 13.2 Å². The largest absolute Gasteiger partial charge is 0.494 e. The van der Waals surface area contributed by atoms with Gasteiger partial charge in [0.1, 0.15) is 11.4 Å². The van der Waals surface area contributed by atoms with Gasteiger partial charge in [0.25, 0.3) is 5.69 Å². The second-order valence-corrected chi connectivity index (χ2v) is 6.64. The molecule has 0 bridgehead atoms. The maximum Gasteiger partial charge on any atom is 0.294 e. The minimum atomic E-state index is -0.455. The fraction of sp³-hybridized carbons (Fsp3) is 0.143. The lowest BCUT2D eigenvalue weighted by Crippen LogP contribution is -2.03. The van der Waals surface area contributed by atoms with Crippen molar-refractivity contribution in [2.45, 2.75) is 0 Å². The zero-order chi connectivity index (χ0) is 21.3. The van der Waals surface area contributed by atoms with Crippen LogP contribution in [0.15, 0.2) is 54.9 Å². The molecule has 2 N–H and O–H groups in total. The van der Waals surface area contributed by atoms with E-state index in [1.807, 2.05) is 48.1 Å². The Morgan fingerprint density at radius 3 is 2.70 bits per heavy atom. The molecule has 0 fully saturated rings. The van der Waals surface area contributed by atoms with Gasteiger partial charge in [0.2, 0.25) is 5.95 Å². The zero-order valence-corrected chi connectivity index (χ0v) is 16.7. The number of aryl methyl sites for hydroxylation is 1. The Labute approximate surface area is 172 Å². The SMILES string of the molecule is CNc1cc(OC)c(Nc2nccc(-c3cn(C)c4ccccc34)n2)cc1[N+](=O)[O-]. The predicted molar refractivity (Wildman–Crippen MR) is 116 cm³/mol. The second kappa shape index (κ2) is 7.70. The Bertz CT molecular complexity index is 1250. The van der Waals surface area contributed by atoms with Crippen molar-refractivity contribution < 1.29 is 9.66 Å². The van der Waals surface area contributed by atoms with Gasteiger partial charge in [0, 0.05) is 55.1 Å². The van der Waals surface area contributed by atoms with Crippen LogP contribution in [0.2, 0.25) is 0 Å². The minimum Gasteiger partial charge on any atom is -0.494 e. The van der Waals surface area contributed by atoms with Gasteiger partial charge in [-0.1, -0.05) is 18.2 Å². The Hall–Kier alpha value is -4.14. The van der Waals surface area contributed by atoms with Crippen LogP contribution in [0.3, 0.4) is 0 Å². The molecule has 2 heterocycles. The molecule has 4 aromatic rings. The first kappa shape index (κ1) is 19.2. The third kappa shape index (κ3) is 3.37. The van der Waals surface area contributed by atoms with E-state index in [-0.39, 0.29) is 5.69 Å². The van der Waals surface area contributed by atoms with E-state index in [4.69, 9.17) is 4.74 Å². The van der Waals surface area contributed by atoms with Crippen LogP contribution in [-0.2, 0) is 7.05 Å². The summed E-state index contributed by atoms with van der Waals surface area (Å²) in [5.41, 5.74) is 3.49. The molecule has 152 valence electrons. The van der Waals surface area contributed by atoms with Gasteiger partial charge in [-0.05, 0) is 12.1 Å². The molecule has 2 aromatic carbocycles. The first-order valence-corrected chi connectivity index (χ1v) is 9.20. The highest BCUT2D eigenvalue weighted by Gasteiger charge is 2.19. The molecule has 0 atom stereocenters. The molecule has 30 heavy (non-hydrogen) atoms. The van der Waals surface area contributed by atoms with Crippen LogP contribution in [0.4, 0.5) is 23.0 Å². The van der Waals surface area contributed by atoms with Crippen LogP contribution < -0.4 is 15.4 Å². The lowest BCUT2D eigenvalue weighted by molar-refractivity contribution is -0.383. The lowest BCUT2D eigenvalue weighted by atomic mass is 10.1. The third-order valence-electron chi connectivity index (χ3n) is 4.86. The maximum atomic E-state index is 11.4. The van der Waals surface area contributed by atoms with Gasteiger partial charge < -0.3 is 19.9 Å². The number of anilines is 3. The second-order valence-electron chi connectivity index (χ2n) is 6.64. The molecule has 9 nitrogen and oxygen atoms in total. The van der Waals surface area contributed by atoms with Crippen LogP contribution in [0.1, 0.15) is 0 Å². The van der Waals surface area contributed by atoms with Crippen molar-refractivity contribution in [1.29, 1.82) is 0 Å². The molecular formula is C21H20N6O3. The van der Waals surface area contributed by atoms with E-state index in [9.17, 15) is 10.1 Å². The summed E-state index contributed by atoms with van der Waals surface area (Å²) in [4.78, 5) is 19.8. The molecule has 0 radical (unpaired) electrons. The van der Waals surface area contributed by atoms with Crippen LogP contribution in [0, 0.1) is 10.1 Å². The fourth-order valence-corrected chi connectivity index (χ4v) is 3.42. The summed E-state index contributed by atoms with van der Waals surface area (Å²) in [6, 6.07) is 12.9. The molecule has 0 spiro atoms. The summed E-state index contributed by atoms with van der Waals surface area (Å²) in [6.07, 6.45) is 3.67. The van der Waals surface area contributed by atoms with Gasteiger partial charge in [-0.2, -0.15) is 0 Å². The van der Waals surface area contributed by atoms with Gasteiger partial charge in [-0.3, -0.25) is 10.1 Å². The number of benzene rings is 2. The smallest absolute Gasteiger partial charge is 0.294 e. The molecule has 4 rings (SSSR count). The number of hydrogen-bond acceptors (Lipinski definition) is 7. The summed E-state index contributed by atoms with van der Waals surface area (Å²) in [5, 5.41) is 18.4. The van der Waals surface area contributed by atoms with E-state index in [1.54, 1.807) is 19.3 Å². The van der Waals surface area contributed by atoms with Gasteiger partial charge in [0.15, 0.2) is 0 Å². The average molecular weight is 404 g/mol. The molecule has 0 aliphatic heterocycles. The molecule has 0 aliphatic carbocycles. The van der Waals surface area contributed by atoms with Crippen molar-refractivity contribution in [1.82, 2.24) is 14.5 Å². The predicted octanol–water partition coefficient (Wildman–Crippen LogP) is 4.34. The van der Waals surface area contributed by atoms with E-state index < -0.39 is 4.92 Å². The standard InChI is InChI=1S/C21H20N6O3/c1-22-16-11-20(30-3)17(10-19(16)27(28)29)25-21-23-9-8-15(24-21)14-12-26(2)18-7-5-4-6-13(14)18/h4-12,22H,1-3H3,(H,23,24,25). The highest BCUT2D eigenvalue weighted by Crippen LogP contribution is 2.37. The molecule has 0 saturated carbocycles. The first-order chi connectivity index (χ1) is 14.5. The van der Waals surface area contributed by atoms with Gasteiger partial charge in [-0.15, -0.1) is 0 Å². The highest BCUT2D eigenvalue weighted by atomic mass is 16.6. The first-order valence-electron chi connectivity index (χ1n) is 9.20. The quantitative estimate of drug-likeness (QED) is 0.364. The molecule has 0 aliphatic rings. The van der Waals surface area contributed by atoms with Crippen molar-refractivity contribution in [2.75, 3.05) is 24.8 Å². The van der Waals surface area contributed by atoms with Crippen molar-refractivity contribution in [2.24, 2.45) is 7.05 Å². The van der Waals surface area contributed by atoms with E-state index in [0.29, 0.717) is 23.1 Å². The lowest BCUT2D eigenvalue weighted by Gasteiger charge is -2.12. The van der Waals surface area contributed by atoms with Gasteiger partial charge in [-0.25, -0.2) is 9.97 Å². The van der Waals surface area contributed by atoms with Crippen LogP contribution in [0.25, 0.3) is 22.2 Å². The Morgan fingerprint density at radius 2 is 1.97 bits per heavy atom. The summed E-state index contributed by atoms with van der Waals surface area (Å²) in [7, 11) is 5.10. The number of aromatic nitrogens is 3. The van der Waals surface area contributed by atoms with Crippen LogP contribution in [-0.4, -0.2) is 33.6 Å². The number of nitrogens with zero attached hydrogens (tertiary/aromatic N) is 4. The van der Waals surface area contributed by atoms with E-state index >= 15 is 0 Å². The third-order valence-corrected chi connectivity index (χ3v) is 4.86. The Balaban J connectivity index is 1.75. The normalized spacial score (nSPS) is 10.8. The topological polar surface area (TPSA) is 107 Å². The monoisotopic (exact) mass is 404 g/mol. The van der Waals surface area contributed by atoms with Crippen molar-refractivity contribution >= 4 is 33.9 Å². The van der Waals surface area contributed by atoms with Crippen molar-refractivity contribution in [3.63, 3.8) is 0 Å². The van der Waals surface area contributed by atoms with E-state index in [2.05, 4.69) is 20.6 Å². The number of nitrogens with one attached hydrogen (secondary N) is 2. The maximum absolute atomic E-state index is 11.4. The number of methoxy groups -OCH3 is 1. The fourth-order valence-electron chi connectivity index (χ4n) is 3.42. The van der Waals surface area contributed by atoms with Crippen molar-refractivity contribution in [3.05, 3.63) is 65.0 Å². The Morgan fingerprint density at radius 1 is 1.17 bits per heavy atom. The average Bonchev–Trinajstić information content (AvgIpc) is 3.10. The summed E-state index contributed by atoms with van der Waals surface area (Å²) in [5.74, 6) is 0.745. The summed E-state index contributed by atoms with van der Waals surface area (Å²) >= 11 is 0. The number of para-hydroxylation sites is 1. The summed E-state index contributed by atoms with van der Waals surface area (Å²) < 4.78 is 7.43. The van der Waals surface area contributed by atoms with Gasteiger partial charge >= 0.3 is 0 Å². The number of rotatable bonds is 6.